The number of nitriles is 1. The van der Waals surface area contributed by atoms with E-state index in [4.69, 9.17) is 5.26 Å². The van der Waals surface area contributed by atoms with Crippen molar-refractivity contribution in [2.24, 2.45) is 12.5 Å². The molecule has 0 aliphatic heterocycles. The highest BCUT2D eigenvalue weighted by Gasteiger charge is 2.16. The van der Waals surface area contributed by atoms with Crippen LogP contribution in [0.4, 0.5) is 0 Å². The molecule has 0 aromatic carbocycles. The third-order valence-electron chi connectivity index (χ3n) is 3.49. The van der Waals surface area contributed by atoms with Crippen molar-refractivity contribution < 1.29 is 4.79 Å². The molecule has 1 rings (SSSR count). The van der Waals surface area contributed by atoms with E-state index in [0.29, 0.717) is 13.0 Å². The molecule has 0 unspecified atom stereocenters. The molecule has 0 radical (unpaired) electrons. The molecule has 1 aromatic heterocycles. The van der Waals surface area contributed by atoms with Gasteiger partial charge in [0.15, 0.2) is 5.78 Å². The van der Waals surface area contributed by atoms with E-state index in [0.717, 1.165) is 17.4 Å². The standard InChI is InChI=1S/C15H21N3O3/c1-11(19)12-9-18(14(21)17(4)13(12)20)8-6-5-7-15(2,3)10-16/h9H,5-8H2,1-4H3. The van der Waals surface area contributed by atoms with Crippen LogP contribution in [0.5, 0.6) is 0 Å². The fraction of sp³-hybridized carbons (Fsp3) is 0.600. The number of carbonyl (C=O) groups excluding carboxylic acids is 1. The maximum atomic E-state index is 12.0. The Balaban J connectivity index is 2.86. The highest BCUT2D eigenvalue weighted by Crippen LogP contribution is 2.21. The first kappa shape index (κ1) is 16.9. The van der Waals surface area contributed by atoms with Crippen LogP contribution in [-0.2, 0) is 13.6 Å². The van der Waals surface area contributed by atoms with Crippen LogP contribution in [-0.4, -0.2) is 14.9 Å². The first-order valence-electron chi connectivity index (χ1n) is 6.92. The lowest BCUT2D eigenvalue weighted by atomic mass is 9.89. The Morgan fingerprint density at radius 1 is 1.33 bits per heavy atom. The maximum absolute atomic E-state index is 12.0. The molecule has 0 aliphatic rings. The van der Waals surface area contributed by atoms with Crippen molar-refractivity contribution >= 4 is 5.78 Å². The quantitative estimate of drug-likeness (QED) is 0.587. The van der Waals surface area contributed by atoms with E-state index in [9.17, 15) is 14.4 Å². The zero-order valence-electron chi connectivity index (χ0n) is 13.0. The van der Waals surface area contributed by atoms with Crippen LogP contribution >= 0.6 is 0 Å². The summed E-state index contributed by atoms with van der Waals surface area (Å²) >= 11 is 0. The summed E-state index contributed by atoms with van der Waals surface area (Å²) in [6.07, 6.45) is 3.58. The molecule has 0 aliphatic carbocycles. The number of carbonyl (C=O) groups is 1. The zero-order chi connectivity index (χ0) is 16.2. The summed E-state index contributed by atoms with van der Waals surface area (Å²) in [6.45, 7) is 5.48. The number of ketones is 1. The molecule has 0 atom stereocenters. The average Bonchev–Trinajstić information content (AvgIpc) is 2.42. The zero-order valence-corrected chi connectivity index (χ0v) is 13.0. The molecule has 1 aromatic rings. The molecule has 0 saturated carbocycles. The highest BCUT2D eigenvalue weighted by atomic mass is 16.2. The van der Waals surface area contributed by atoms with E-state index in [1.165, 1.54) is 24.7 Å². The fourth-order valence-corrected chi connectivity index (χ4v) is 2.03. The number of aryl methyl sites for hydroxylation is 1. The Hall–Kier alpha value is -2.16. The van der Waals surface area contributed by atoms with Gasteiger partial charge in [0, 0.05) is 19.8 Å². The minimum absolute atomic E-state index is 0.0226. The van der Waals surface area contributed by atoms with E-state index < -0.39 is 11.2 Å². The van der Waals surface area contributed by atoms with Gasteiger partial charge in [0.05, 0.1) is 17.0 Å². The number of unbranched alkanes of at least 4 members (excludes halogenated alkanes) is 1. The van der Waals surface area contributed by atoms with Gasteiger partial charge in [-0.3, -0.25) is 18.7 Å². The van der Waals surface area contributed by atoms with Crippen molar-refractivity contribution in [1.29, 1.82) is 5.26 Å². The van der Waals surface area contributed by atoms with Crippen LogP contribution in [0.2, 0.25) is 0 Å². The number of hydrogen-bond acceptors (Lipinski definition) is 4. The minimum Gasteiger partial charge on any atom is -0.300 e. The van der Waals surface area contributed by atoms with Gasteiger partial charge >= 0.3 is 5.69 Å². The topological polar surface area (TPSA) is 84.9 Å². The predicted molar refractivity (Wildman–Crippen MR) is 79.2 cm³/mol. The normalized spacial score (nSPS) is 11.2. The van der Waals surface area contributed by atoms with Crippen LogP contribution in [0.1, 0.15) is 50.4 Å². The summed E-state index contributed by atoms with van der Waals surface area (Å²) < 4.78 is 2.34. The van der Waals surface area contributed by atoms with Crippen molar-refractivity contribution in [3.05, 3.63) is 32.6 Å². The van der Waals surface area contributed by atoms with E-state index in [2.05, 4.69) is 6.07 Å². The van der Waals surface area contributed by atoms with Crippen LogP contribution in [0.3, 0.4) is 0 Å². The molecular formula is C15H21N3O3. The molecule has 114 valence electrons. The molecule has 0 amide bonds. The number of nitrogens with zero attached hydrogens (tertiary/aromatic N) is 3. The third kappa shape index (κ3) is 4.15. The van der Waals surface area contributed by atoms with Gasteiger partial charge in [-0.2, -0.15) is 5.26 Å². The number of hydrogen-bond donors (Lipinski definition) is 0. The van der Waals surface area contributed by atoms with E-state index in [1.807, 2.05) is 13.8 Å². The molecule has 0 spiro atoms. The van der Waals surface area contributed by atoms with Gasteiger partial charge in [0.1, 0.15) is 0 Å². The Morgan fingerprint density at radius 2 is 1.95 bits per heavy atom. The van der Waals surface area contributed by atoms with Gasteiger partial charge in [-0.25, -0.2) is 4.79 Å². The Kier molecular flexibility index (Phi) is 5.25. The summed E-state index contributed by atoms with van der Waals surface area (Å²) in [4.78, 5) is 35.2. The number of rotatable bonds is 6. The van der Waals surface area contributed by atoms with Crippen molar-refractivity contribution in [3.8, 4) is 6.07 Å². The monoisotopic (exact) mass is 291 g/mol. The van der Waals surface area contributed by atoms with Gasteiger partial charge < -0.3 is 0 Å². The fourth-order valence-electron chi connectivity index (χ4n) is 2.03. The third-order valence-corrected chi connectivity index (χ3v) is 3.49. The van der Waals surface area contributed by atoms with Crippen LogP contribution in [0.15, 0.2) is 15.8 Å². The molecule has 1 heterocycles. The second-order valence-electron chi connectivity index (χ2n) is 5.89. The number of aromatic nitrogens is 2. The molecule has 0 saturated heterocycles. The van der Waals surface area contributed by atoms with Crippen LogP contribution in [0.25, 0.3) is 0 Å². The summed E-state index contributed by atoms with van der Waals surface area (Å²) in [6, 6.07) is 2.23. The van der Waals surface area contributed by atoms with Gasteiger partial charge in [-0.05, 0) is 33.6 Å². The van der Waals surface area contributed by atoms with Gasteiger partial charge in [0.2, 0.25) is 0 Å². The predicted octanol–water partition coefficient (Wildman–Crippen LogP) is 1.47. The number of Topliss-reactive ketones (excluding diaryl/α,β-unsaturated/α-hetero) is 1. The second kappa shape index (κ2) is 6.53. The van der Waals surface area contributed by atoms with Crippen molar-refractivity contribution in [3.63, 3.8) is 0 Å². The Morgan fingerprint density at radius 3 is 2.48 bits per heavy atom. The van der Waals surface area contributed by atoms with Crippen LogP contribution < -0.4 is 11.2 Å². The lowest BCUT2D eigenvalue weighted by Crippen LogP contribution is -2.40. The van der Waals surface area contributed by atoms with Gasteiger partial charge in [-0.1, -0.05) is 6.42 Å². The summed E-state index contributed by atoms with van der Waals surface area (Å²) in [5.74, 6) is -0.352. The molecular weight excluding hydrogens is 270 g/mol. The average molecular weight is 291 g/mol. The first-order valence-corrected chi connectivity index (χ1v) is 6.92. The maximum Gasteiger partial charge on any atom is 0.330 e. The largest absolute Gasteiger partial charge is 0.330 e. The van der Waals surface area contributed by atoms with Crippen molar-refractivity contribution in [2.45, 2.75) is 46.6 Å². The molecule has 0 N–H and O–H groups in total. The molecule has 6 heteroatoms. The van der Waals surface area contributed by atoms with E-state index >= 15 is 0 Å². The smallest absolute Gasteiger partial charge is 0.300 e. The van der Waals surface area contributed by atoms with Crippen molar-refractivity contribution in [2.75, 3.05) is 0 Å². The van der Waals surface area contributed by atoms with Crippen molar-refractivity contribution in [1.82, 2.24) is 9.13 Å². The van der Waals surface area contributed by atoms with E-state index in [1.54, 1.807) is 0 Å². The summed E-state index contributed by atoms with van der Waals surface area (Å²) in [5.41, 5.74) is -1.34. The lowest BCUT2D eigenvalue weighted by Gasteiger charge is -2.15. The van der Waals surface area contributed by atoms with Gasteiger partial charge in [-0.15, -0.1) is 0 Å². The minimum atomic E-state index is -0.561. The first-order chi connectivity index (χ1) is 9.69. The van der Waals surface area contributed by atoms with Gasteiger partial charge in [0.25, 0.3) is 5.56 Å². The lowest BCUT2D eigenvalue weighted by molar-refractivity contribution is 0.101. The highest BCUT2D eigenvalue weighted by molar-refractivity contribution is 5.93. The molecule has 0 bridgehead atoms. The summed E-state index contributed by atoms with van der Waals surface area (Å²) in [5, 5.41) is 8.94. The molecule has 0 fully saturated rings. The molecule has 21 heavy (non-hydrogen) atoms. The van der Waals surface area contributed by atoms with E-state index in [-0.39, 0.29) is 16.8 Å². The second-order valence-corrected chi connectivity index (χ2v) is 5.89. The SMILES string of the molecule is CC(=O)c1cn(CCCCC(C)(C)C#N)c(=O)n(C)c1=O. The summed E-state index contributed by atoms with van der Waals surface area (Å²) in [7, 11) is 1.37. The van der Waals surface area contributed by atoms with Crippen LogP contribution in [0, 0.1) is 16.7 Å². The Labute approximate surface area is 123 Å². The molecule has 6 nitrogen and oxygen atoms in total. The Bertz CT molecular complexity index is 690.